The van der Waals surface area contributed by atoms with Crippen molar-refractivity contribution in [3.05, 3.63) is 72.3 Å². The van der Waals surface area contributed by atoms with Crippen LogP contribution >= 0.6 is 0 Å². The molecule has 4 rings (SSSR count). The zero-order valence-electron chi connectivity index (χ0n) is 16.4. The third kappa shape index (κ3) is 3.94. The van der Waals surface area contributed by atoms with Crippen molar-refractivity contribution in [2.24, 2.45) is 5.92 Å². The molecule has 1 aliphatic heterocycles. The van der Waals surface area contributed by atoms with Crippen LogP contribution in [0.5, 0.6) is 5.75 Å². The first-order valence-electron chi connectivity index (χ1n) is 9.87. The number of hydrogen-bond acceptors (Lipinski definition) is 3. The minimum absolute atomic E-state index is 0.130. The van der Waals surface area contributed by atoms with Crippen molar-refractivity contribution in [3.8, 4) is 5.75 Å². The molecule has 0 aliphatic carbocycles. The summed E-state index contributed by atoms with van der Waals surface area (Å²) in [6.45, 7) is 1.03. The molecule has 2 amide bonds. The number of carbonyl (C=O) groups is 2. The Morgan fingerprint density at radius 2 is 1.83 bits per heavy atom. The molecule has 1 aliphatic rings. The molecule has 148 valence electrons. The highest BCUT2D eigenvalue weighted by atomic mass is 16.5. The van der Waals surface area contributed by atoms with Gasteiger partial charge in [-0.2, -0.15) is 0 Å². The first-order chi connectivity index (χ1) is 14.2. The van der Waals surface area contributed by atoms with Crippen molar-refractivity contribution in [1.29, 1.82) is 0 Å². The van der Waals surface area contributed by atoms with Gasteiger partial charge in [-0.25, -0.2) is 0 Å². The predicted octanol–water partition coefficient (Wildman–Crippen LogP) is 3.56. The predicted molar refractivity (Wildman–Crippen MR) is 114 cm³/mol. The van der Waals surface area contributed by atoms with Gasteiger partial charge < -0.3 is 15.0 Å². The fraction of sp³-hybridized carbons (Fsp3) is 0.250. The van der Waals surface area contributed by atoms with Gasteiger partial charge in [0.15, 0.2) is 0 Å². The van der Waals surface area contributed by atoms with Crippen molar-refractivity contribution >= 4 is 28.3 Å². The van der Waals surface area contributed by atoms with Crippen molar-refractivity contribution in [2.45, 2.75) is 12.8 Å². The molecule has 1 fully saturated rings. The van der Waals surface area contributed by atoms with Crippen LogP contribution in [-0.2, 0) is 16.0 Å². The highest BCUT2D eigenvalue weighted by Crippen LogP contribution is 2.28. The fourth-order valence-corrected chi connectivity index (χ4v) is 3.88. The lowest BCUT2D eigenvalue weighted by molar-refractivity contribution is -0.132. The SMILES string of the molecule is COc1ccccc1CCNC(=O)[C@H]1CCN(c2ccc3ccccc3c2)C1=O. The molecule has 0 radical (unpaired) electrons. The van der Waals surface area contributed by atoms with Crippen LogP contribution in [0, 0.1) is 5.92 Å². The summed E-state index contributed by atoms with van der Waals surface area (Å²) in [5, 5.41) is 5.13. The van der Waals surface area contributed by atoms with E-state index < -0.39 is 5.92 Å². The van der Waals surface area contributed by atoms with Gasteiger partial charge in [0.25, 0.3) is 0 Å². The molecule has 1 atom stereocenters. The van der Waals surface area contributed by atoms with E-state index in [-0.39, 0.29) is 11.8 Å². The number of fused-ring (bicyclic) bond motifs is 1. The number of amides is 2. The number of anilines is 1. The summed E-state index contributed by atoms with van der Waals surface area (Å²) in [6.07, 6.45) is 1.19. The van der Waals surface area contributed by atoms with Crippen LogP contribution in [0.25, 0.3) is 10.8 Å². The number of benzene rings is 3. The second kappa shape index (κ2) is 8.35. The average Bonchev–Trinajstić information content (AvgIpc) is 3.15. The number of rotatable bonds is 6. The lowest BCUT2D eigenvalue weighted by Crippen LogP contribution is -2.37. The molecule has 1 saturated heterocycles. The molecule has 0 aromatic heterocycles. The van der Waals surface area contributed by atoms with Gasteiger partial charge in [-0.1, -0.05) is 48.5 Å². The average molecular weight is 388 g/mol. The lowest BCUT2D eigenvalue weighted by atomic mass is 10.1. The topological polar surface area (TPSA) is 58.6 Å². The summed E-state index contributed by atoms with van der Waals surface area (Å²) in [4.78, 5) is 27.2. The summed E-state index contributed by atoms with van der Waals surface area (Å²) in [6, 6.07) is 21.8. The smallest absolute Gasteiger partial charge is 0.239 e. The van der Waals surface area contributed by atoms with Crippen LogP contribution in [0.15, 0.2) is 66.7 Å². The van der Waals surface area contributed by atoms with Crippen molar-refractivity contribution in [1.82, 2.24) is 5.32 Å². The molecule has 0 bridgehead atoms. The zero-order valence-corrected chi connectivity index (χ0v) is 16.4. The van der Waals surface area contributed by atoms with Crippen LogP contribution < -0.4 is 15.0 Å². The number of methoxy groups -OCH3 is 1. The number of para-hydroxylation sites is 1. The van der Waals surface area contributed by atoms with Gasteiger partial charge in [-0.05, 0) is 47.4 Å². The summed E-state index contributed by atoms with van der Waals surface area (Å²) >= 11 is 0. The molecule has 0 unspecified atom stereocenters. The van der Waals surface area contributed by atoms with Gasteiger partial charge >= 0.3 is 0 Å². The normalized spacial score (nSPS) is 16.2. The van der Waals surface area contributed by atoms with Crippen LogP contribution in [0.1, 0.15) is 12.0 Å². The molecule has 3 aromatic rings. The second-order valence-corrected chi connectivity index (χ2v) is 7.22. The highest BCUT2D eigenvalue weighted by Gasteiger charge is 2.37. The first kappa shape index (κ1) is 19.0. The number of ether oxygens (including phenoxy) is 1. The highest BCUT2D eigenvalue weighted by molar-refractivity contribution is 6.10. The molecule has 0 spiro atoms. The molecule has 1 heterocycles. The monoisotopic (exact) mass is 388 g/mol. The largest absolute Gasteiger partial charge is 0.496 e. The van der Waals surface area contributed by atoms with Crippen molar-refractivity contribution in [2.75, 3.05) is 25.1 Å². The van der Waals surface area contributed by atoms with Crippen LogP contribution in [0.3, 0.4) is 0 Å². The molecular weight excluding hydrogens is 364 g/mol. The van der Waals surface area contributed by atoms with Crippen LogP contribution in [0.4, 0.5) is 5.69 Å². The van der Waals surface area contributed by atoms with E-state index in [0.717, 1.165) is 27.8 Å². The Morgan fingerprint density at radius 1 is 1.07 bits per heavy atom. The molecule has 29 heavy (non-hydrogen) atoms. The van der Waals surface area contributed by atoms with E-state index in [2.05, 4.69) is 5.32 Å². The molecular formula is C24H24N2O3. The maximum atomic E-state index is 12.9. The Hall–Kier alpha value is -3.34. The number of hydrogen-bond donors (Lipinski definition) is 1. The number of nitrogens with zero attached hydrogens (tertiary/aromatic N) is 1. The first-order valence-corrected chi connectivity index (χ1v) is 9.87. The summed E-state index contributed by atoms with van der Waals surface area (Å²) in [5.41, 5.74) is 1.88. The van der Waals surface area contributed by atoms with Crippen molar-refractivity contribution in [3.63, 3.8) is 0 Å². The zero-order chi connectivity index (χ0) is 20.2. The van der Waals surface area contributed by atoms with Gasteiger partial charge in [0, 0.05) is 18.8 Å². The van der Waals surface area contributed by atoms with E-state index in [1.165, 1.54) is 0 Å². The Bertz CT molecular complexity index is 1050. The number of nitrogens with one attached hydrogen (secondary N) is 1. The van der Waals surface area contributed by atoms with Gasteiger partial charge in [0.05, 0.1) is 7.11 Å². The van der Waals surface area contributed by atoms with Crippen LogP contribution in [-0.4, -0.2) is 32.0 Å². The van der Waals surface area contributed by atoms with E-state index >= 15 is 0 Å². The maximum absolute atomic E-state index is 12.9. The lowest BCUT2D eigenvalue weighted by Gasteiger charge is -2.17. The number of carbonyl (C=O) groups excluding carboxylic acids is 2. The minimum Gasteiger partial charge on any atom is -0.496 e. The van der Waals surface area contributed by atoms with Crippen molar-refractivity contribution < 1.29 is 14.3 Å². The van der Waals surface area contributed by atoms with Gasteiger partial charge in [-0.15, -0.1) is 0 Å². The third-order valence-electron chi connectivity index (χ3n) is 5.45. The Labute approximate surface area is 170 Å². The Balaban J connectivity index is 1.38. The van der Waals surface area contributed by atoms with E-state index in [1.807, 2.05) is 66.7 Å². The molecule has 5 heteroatoms. The van der Waals surface area contributed by atoms with Gasteiger partial charge in [-0.3, -0.25) is 9.59 Å². The fourth-order valence-electron chi connectivity index (χ4n) is 3.88. The molecule has 5 nitrogen and oxygen atoms in total. The second-order valence-electron chi connectivity index (χ2n) is 7.22. The Morgan fingerprint density at radius 3 is 2.66 bits per heavy atom. The third-order valence-corrected chi connectivity index (χ3v) is 5.45. The molecule has 3 aromatic carbocycles. The van der Waals surface area contributed by atoms with E-state index in [0.29, 0.717) is 25.9 Å². The summed E-state index contributed by atoms with van der Waals surface area (Å²) in [7, 11) is 1.63. The van der Waals surface area contributed by atoms with Crippen LogP contribution in [0.2, 0.25) is 0 Å². The summed E-state index contributed by atoms with van der Waals surface area (Å²) in [5.74, 6) is -0.149. The maximum Gasteiger partial charge on any atom is 0.239 e. The standard InChI is InChI=1S/C24H24N2O3/c1-29-22-9-5-4-7-18(22)12-14-25-23(27)21-13-15-26(24(21)28)20-11-10-17-6-2-3-8-19(17)16-20/h2-11,16,21H,12-15H2,1H3,(H,25,27)/t21-/m1/s1. The quantitative estimate of drug-likeness (QED) is 0.657. The van der Waals surface area contributed by atoms with E-state index in [4.69, 9.17) is 4.74 Å². The molecule has 1 N–H and O–H groups in total. The van der Waals surface area contributed by atoms with E-state index in [1.54, 1.807) is 12.0 Å². The van der Waals surface area contributed by atoms with Gasteiger partial charge in [0.2, 0.25) is 11.8 Å². The molecule has 0 saturated carbocycles. The van der Waals surface area contributed by atoms with Gasteiger partial charge in [0.1, 0.15) is 11.7 Å². The summed E-state index contributed by atoms with van der Waals surface area (Å²) < 4.78 is 5.34. The minimum atomic E-state index is -0.626. The van der Waals surface area contributed by atoms with E-state index in [9.17, 15) is 9.59 Å². The Kier molecular flexibility index (Phi) is 5.47.